The van der Waals surface area contributed by atoms with Crippen molar-refractivity contribution in [3.63, 3.8) is 0 Å². The molecule has 0 radical (unpaired) electrons. The Kier molecular flexibility index (Phi) is 5.15. The lowest BCUT2D eigenvalue weighted by atomic mass is 10.4. The van der Waals surface area contributed by atoms with Gasteiger partial charge in [0.15, 0.2) is 0 Å². The molecule has 0 amide bonds. The summed E-state index contributed by atoms with van der Waals surface area (Å²) in [5, 5.41) is -0.323. The van der Waals surface area contributed by atoms with Gasteiger partial charge in [0.25, 0.3) is 0 Å². The molecule has 1 atom stereocenters. The summed E-state index contributed by atoms with van der Waals surface area (Å²) in [6.45, 7) is 4.19. The average Bonchev–Trinajstić information content (AvgIpc) is 2.24. The molecule has 0 saturated heterocycles. The molecule has 8 heteroatoms. The van der Waals surface area contributed by atoms with Gasteiger partial charge in [0.05, 0.1) is 6.61 Å². The number of halogens is 4. The van der Waals surface area contributed by atoms with E-state index in [0.717, 1.165) is 6.07 Å². The largest absolute Gasteiger partial charge is 0.472 e. The van der Waals surface area contributed by atoms with Crippen LogP contribution in [0.15, 0.2) is 6.07 Å². The molecular formula is C10H12ClF3N2O2. The molecule has 1 heterocycles. The zero-order valence-corrected chi connectivity index (χ0v) is 10.5. The van der Waals surface area contributed by atoms with E-state index in [4.69, 9.17) is 21.1 Å². The van der Waals surface area contributed by atoms with Crippen LogP contribution in [0.3, 0.4) is 0 Å². The van der Waals surface area contributed by atoms with Gasteiger partial charge in [-0.05, 0) is 13.8 Å². The van der Waals surface area contributed by atoms with Gasteiger partial charge in [-0.3, -0.25) is 0 Å². The van der Waals surface area contributed by atoms with Crippen LogP contribution < -0.4 is 4.74 Å². The van der Waals surface area contributed by atoms with Crippen LogP contribution in [0.2, 0.25) is 5.15 Å². The van der Waals surface area contributed by atoms with Gasteiger partial charge < -0.3 is 9.47 Å². The molecule has 0 aliphatic carbocycles. The van der Waals surface area contributed by atoms with Crippen LogP contribution in [-0.2, 0) is 10.9 Å². The van der Waals surface area contributed by atoms with Crippen LogP contribution in [0.4, 0.5) is 13.2 Å². The van der Waals surface area contributed by atoms with E-state index < -0.39 is 18.1 Å². The lowest BCUT2D eigenvalue weighted by molar-refractivity contribution is -0.145. The van der Waals surface area contributed by atoms with Crippen LogP contribution in [0.5, 0.6) is 5.88 Å². The second-order valence-corrected chi connectivity index (χ2v) is 3.83. The highest BCUT2D eigenvalue weighted by molar-refractivity contribution is 6.29. The molecule has 0 saturated carbocycles. The minimum absolute atomic E-state index is 0.227. The molecule has 1 rings (SSSR count). The SMILES string of the molecule is CCOCC(C)Oc1cc(Cl)nc(C(F)(F)F)n1. The van der Waals surface area contributed by atoms with E-state index in [1.165, 1.54) is 0 Å². The molecule has 18 heavy (non-hydrogen) atoms. The second-order valence-electron chi connectivity index (χ2n) is 3.44. The molecule has 1 aromatic heterocycles. The summed E-state index contributed by atoms with van der Waals surface area (Å²) in [5.41, 5.74) is 0. The van der Waals surface area contributed by atoms with E-state index in [2.05, 4.69) is 9.97 Å². The van der Waals surface area contributed by atoms with E-state index in [1.54, 1.807) is 13.8 Å². The van der Waals surface area contributed by atoms with Crippen molar-refractivity contribution in [3.05, 3.63) is 17.0 Å². The van der Waals surface area contributed by atoms with Crippen molar-refractivity contribution in [2.24, 2.45) is 0 Å². The third-order valence-electron chi connectivity index (χ3n) is 1.80. The Morgan fingerprint density at radius 1 is 1.39 bits per heavy atom. The van der Waals surface area contributed by atoms with Gasteiger partial charge in [0.2, 0.25) is 11.7 Å². The standard InChI is InChI=1S/C10H12ClF3N2O2/c1-3-17-5-6(2)18-8-4-7(11)15-9(16-8)10(12,13)14/h4,6H,3,5H2,1-2H3. The van der Waals surface area contributed by atoms with Crippen molar-refractivity contribution in [2.45, 2.75) is 26.1 Å². The fourth-order valence-corrected chi connectivity index (χ4v) is 1.28. The highest BCUT2D eigenvalue weighted by Crippen LogP contribution is 2.28. The van der Waals surface area contributed by atoms with Crippen molar-refractivity contribution < 1.29 is 22.6 Å². The third-order valence-corrected chi connectivity index (χ3v) is 2.00. The summed E-state index contributed by atoms with van der Waals surface area (Å²) < 4.78 is 47.5. The lowest BCUT2D eigenvalue weighted by Gasteiger charge is -2.14. The first-order chi connectivity index (χ1) is 8.32. The Morgan fingerprint density at radius 3 is 2.61 bits per heavy atom. The molecule has 0 fully saturated rings. The van der Waals surface area contributed by atoms with Crippen molar-refractivity contribution in [1.29, 1.82) is 0 Å². The number of alkyl halides is 3. The lowest BCUT2D eigenvalue weighted by Crippen LogP contribution is -2.21. The van der Waals surface area contributed by atoms with Gasteiger partial charge in [0.1, 0.15) is 11.3 Å². The molecule has 0 aromatic carbocycles. The molecule has 1 unspecified atom stereocenters. The maximum Gasteiger partial charge on any atom is 0.451 e. The van der Waals surface area contributed by atoms with Gasteiger partial charge in [-0.25, -0.2) is 4.98 Å². The van der Waals surface area contributed by atoms with E-state index in [0.29, 0.717) is 6.61 Å². The molecular weight excluding hydrogens is 273 g/mol. The van der Waals surface area contributed by atoms with Crippen LogP contribution in [-0.4, -0.2) is 29.3 Å². The second kappa shape index (κ2) is 6.19. The summed E-state index contributed by atoms with van der Waals surface area (Å²) in [4.78, 5) is 6.35. The number of ether oxygens (including phenoxy) is 2. The van der Waals surface area contributed by atoms with Gasteiger partial charge in [0, 0.05) is 12.7 Å². The number of nitrogens with zero attached hydrogens (tertiary/aromatic N) is 2. The minimum Gasteiger partial charge on any atom is -0.472 e. The predicted octanol–water partition coefficient (Wildman–Crippen LogP) is 2.95. The van der Waals surface area contributed by atoms with E-state index in [9.17, 15) is 13.2 Å². The number of hydrogen-bond donors (Lipinski definition) is 0. The van der Waals surface area contributed by atoms with E-state index in [1.807, 2.05) is 0 Å². The zero-order valence-electron chi connectivity index (χ0n) is 9.79. The van der Waals surface area contributed by atoms with E-state index >= 15 is 0 Å². The molecule has 102 valence electrons. The van der Waals surface area contributed by atoms with Gasteiger partial charge in [-0.1, -0.05) is 11.6 Å². The maximum absolute atomic E-state index is 12.4. The summed E-state index contributed by atoms with van der Waals surface area (Å²) in [6, 6.07) is 1.12. The Balaban J connectivity index is 2.80. The highest BCUT2D eigenvalue weighted by atomic mass is 35.5. The quantitative estimate of drug-likeness (QED) is 0.780. The first-order valence-corrected chi connectivity index (χ1v) is 5.57. The van der Waals surface area contributed by atoms with Crippen molar-refractivity contribution in [2.75, 3.05) is 13.2 Å². The Hall–Kier alpha value is -1.08. The predicted molar refractivity (Wildman–Crippen MR) is 58.6 cm³/mol. The summed E-state index contributed by atoms with van der Waals surface area (Å²) in [6.07, 6.45) is -5.09. The van der Waals surface area contributed by atoms with Crippen LogP contribution >= 0.6 is 11.6 Å². The minimum atomic E-state index is -4.66. The van der Waals surface area contributed by atoms with Crippen LogP contribution in [0.1, 0.15) is 19.7 Å². The average molecular weight is 285 g/mol. The molecule has 0 bridgehead atoms. The number of hydrogen-bond acceptors (Lipinski definition) is 4. The van der Waals surface area contributed by atoms with Crippen molar-refractivity contribution >= 4 is 11.6 Å². The van der Waals surface area contributed by atoms with Crippen molar-refractivity contribution in [3.8, 4) is 5.88 Å². The van der Waals surface area contributed by atoms with Gasteiger partial charge in [-0.15, -0.1) is 0 Å². The molecule has 0 aliphatic rings. The van der Waals surface area contributed by atoms with Gasteiger partial charge in [-0.2, -0.15) is 18.2 Å². The smallest absolute Gasteiger partial charge is 0.451 e. The molecule has 4 nitrogen and oxygen atoms in total. The summed E-state index contributed by atoms with van der Waals surface area (Å²) in [5.74, 6) is -1.55. The normalized spacial score (nSPS) is 13.4. The molecule has 1 aromatic rings. The Labute approximate surface area is 107 Å². The fourth-order valence-electron chi connectivity index (χ4n) is 1.11. The van der Waals surface area contributed by atoms with E-state index in [-0.39, 0.29) is 17.6 Å². The third kappa shape index (κ3) is 4.66. The topological polar surface area (TPSA) is 44.2 Å². The first kappa shape index (κ1) is 15.0. The highest BCUT2D eigenvalue weighted by Gasteiger charge is 2.35. The Bertz CT molecular complexity index is 401. The van der Waals surface area contributed by atoms with Gasteiger partial charge >= 0.3 is 6.18 Å². The van der Waals surface area contributed by atoms with Crippen LogP contribution in [0, 0.1) is 0 Å². The summed E-state index contributed by atoms with van der Waals surface area (Å²) in [7, 11) is 0. The summed E-state index contributed by atoms with van der Waals surface area (Å²) >= 11 is 5.48. The van der Waals surface area contributed by atoms with Crippen molar-refractivity contribution in [1.82, 2.24) is 9.97 Å². The molecule has 0 N–H and O–H groups in total. The Morgan fingerprint density at radius 2 is 2.06 bits per heavy atom. The van der Waals surface area contributed by atoms with Crippen LogP contribution in [0.25, 0.3) is 0 Å². The maximum atomic E-state index is 12.4. The monoisotopic (exact) mass is 284 g/mol. The zero-order chi connectivity index (χ0) is 13.8. The molecule has 0 aliphatic heterocycles. The number of rotatable bonds is 5. The fraction of sp³-hybridized carbons (Fsp3) is 0.600. The first-order valence-electron chi connectivity index (χ1n) is 5.19. The molecule has 0 spiro atoms. The number of aromatic nitrogens is 2.